The molecule has 11 aromatic carbocycles. The summed E-state index contributed by atoms with van der Waals surface area (Å²) >= 11 is 1.88. The maximum Gasteiger partial charge on any atom is 0.143 e. The van der Waals surface area contributed by atoms with Gasteiger partial charge < -0.3 is 14.1 Å². The number of hydrogen-bond acceptors (Lipinski definition) is 4. The third-order valence-corrected chi connectivity index (χ3v) is 17.2. The van der Waals surface area contributed by atoms with Gasteiger partial charge in [-0.1, -0.05) is 194 Å². The van der Waals surface area contributed by atoms with Crippen LogP contribution in [0.15, 0.2) is 263 Å². The van der Waals surface area contributed by atoms with E-state index in [1.54, 1.807) is 0 Å². The van der Waals surface area contributed by atoms with E-state index in [4.69, 9.17) is 9.15 Å². The zero-order valence-corrected chi connectivity index (χ0v) is 39.7. The van der Waals surface area contributed by atoms with Crippen molar-refractivity contribution in [3.8, 4) is 44.9 Å². The second kappa shape index (κ2) is 14.8. The normalized spacial score (nSPS) is 14.4. The van der Waals surface area contributed by atoms with Gasteiger partial charge in [0.1, 0.15) is 22.7 Å². The number of anilines is 3. The summed E-state index contributed by atoms with van der Waals surface area (Å²) in [5, 5.41) is 2.25. The van der Waals surface area contributed by atoms with E-state index in [1.807, 2.05) is 17.8 Å². The molecule has 0 radical (unpaired) electrons. The van der Waals surface area contributed by atoms with Crippen molar-refractivity contribution in [2.24, 2.45) is 0 Å². The van der Waals surface area contributed by atoms with Crippen LogP contribution in [-0.2, 0) is 10.8 Å². The minimum absolute atomic E-state index is 0.520. The van der Waals surface area contributed by atoms with E-state index in [0.717, 1.165) is 72.8 Å². The minimum Gasteiger partial charge on any atom is -0.457 e. The van der Waals surface area contributed by atoms with Gasteiger partial charge in [0.05, 0.1) is 10.8 Å². The van der Waals surface area contributed by atoms with E-state index in [-0.39, 0.29) is 0 Å². The highest BCUT2D eigenvalue weighted by atomic mass is 32.2. The van der Waals surface area contributed by atoms with Gasteiger partial charge in [-0.2, -0.15) is 0 Å². The van der Waals surface area contributed by atoms with Gasteiger partial charge in [0.2, 0.25) is 0 Å². The Morgan fingerprint density at radius 2 is 0.806 bits per heavy atom. The lowest BCUT2D eigenvalue weighted by molar-refractivity contribution is 0.436. The smallest absolute Gasteiger partial charge is 0.143 e. The van der Waals surface area contributed by atoms with E-state index in [9.17, 15) is 0 Å². The van der Waals surface area contributed by atoms with Gasteiger partial charge in [-0.25, -0.2) is 0 Å². The van der Waals surface area contributed by atoms with Crippen molar-refractivity contribution in [1.29, 1.82) is 0 Å². The molecule has 0 amide bonds. The maximum atomic E-state index is 6.69. The van der Waals surface area contributed by atoms with Gasteiger partial charge in [0, 0.05) is 54.3 Å². The van der Waals surface area contributed by atoms with Gasteiger partial charge in [-0.3, -0.25) is 0 Å². The minimum atomic E-state index is -0.564. The van der Waals surface area contributed by atoms with Crippen LogP contribution in [0.3, 0.4) is 0 Å². The third kappa shape index (κ3) is 5.21. The van der Waals surface area contributed by atoms with Crippen LogP contribution in [-0.4, -0.2) is 0 Å². The molecule has 0 fully saturated rings. The summed E-state index contributed by atoms with van der Waals surface area (Å²) in [5.41, 5.74) is 21.2. The van der Waals surface area contributed by atoms with Crippen molar-refractivity contribution in [3.05, 3.63) is 293 Å². The molecule has 2 spiro atoms. The summed E-state index contributed by atoms with van der Waals surface area (Å²) in [6.07, 6.45) is 0. The third-order valence-electron chi connectivity index (χ3n) is 16.0. The predicted octanol–water partition coefficient (Wildman–Crippen LogP) is 18.0. The Morgan fingerprint density at radius 1 is 0.319 bits per heavy atom. The van der Waals surface area contributed by atoms with Crippen LogP contribution < -0.4 is 9.64 Å². The second-order valence-electron chi connectivity index (χ2n) is 19.4. The largest absolute Gasteiger partial charge is 0.457 e. The lowest BCUT2D eigenvalue weighted by Gasteiger charge is -2.40. The molecule has 3 nitrogen and oxygen atoms in total. The molecule has 0 atom stereocenters. The fourth-order valence-corrected chi connectivity index (χ4v) is 14.4. The standard InChI is InChI=1S/C68H41NO2S/c1-4-21-53-47(16-1)49-38-36-45(41-60(49)68(53)58-25-8-13-30-64(58)72-65-31-14-9-26-59(65)68)69(43-34-32-42(33-35-43)46-19-15-20-51-50-18-3-10-27-61(50)71-66(46)51)44-37-39-55-52(40-44)48-17-2-5-22-54(48)67(55)56-23-6-11-28-62(56)70-63-29-12-7-24-57(63)67/h1-41H. The van der Waals surface area contributed by atoms with Gasteiger partial charge in [0.15, 0.2) is 0 Å². The van der Waals surface area contributed by atoms with Gasteiger partial charge >= 0.3 is 0 Å². The SMILES string of the molecule is c1ccc2c(c1)Oc1ccccc1C21c2ccccc2-c2cc(N(c3ccc(-c4cccc5c4oc4ccccc45)cc3)c3ccc4c(c3)C3(c5ccccc5Sc5ccccc53)c3ccccc3-4)ccc21. The predicted molar refractivity (Wildman–Crippen MR) is 293 cm³/mol. The highest BCUT2D eigenvalue weighted by molar-refractivity contribution is 7.99. The Hall–Kier alpha value is -8.83. The number of para-hydroxylation sites is 4. The fourth-order valence-electron chi connectivity index (χ4n) is 13.2. The summed E-state index contributed by atoms with van der Waals surface area (Å²) < 4.78 is 13.3. The topological polar surface area (TPSA) is 25.6 Å². The van der Waals surface area contributed by atoms with Crippen LogP contribution in [0, 0.1) is 0 Å². The fraction of sp³-hybridized carbons (Fsp3) is 0.0294. The molecule has 16 rings (SSSR count). The van der Waals surface area contributed by atoms with Crippen LogP contribution >= 0.6 is 11.8 Å². The van der Waals surface area contributed by atoms with Gasteiger partial charge in [-0.05, 0) is 128 Å². The summed E-state index contributed by atoms with van der Waals surface area (Å²) in [7, 11) is 0. The first-order valence-electron chi connectivity index (χ1n) is 24.7. The number of benzene rings is 11. The van der Waals surface area contributed by atoms with Crippen molar-refractivity contribution in [3.63, 3.8) is 0 Å². The number of fused-ring (bicyclic) bond motifs is 21. The van der Waals surface area contributed by atoms with E-state index in [1.165, 1.54) is 65.4 Å². The van der Waals surface area contributed by atoms with Crippen molar-refractivity contribution in [2.75, 3.05) is 4.90 Å². The first kappa shape index (κ1) is 40.0. The van der Waals surface area contributed by atoms with E-state index >= 15 is 0 Å². The zero-order chi connectivity index (χ0) is 47.1. The average Bonchev–Trinajstić information content (AvgIpc) is 4.07. The number of nitrogens with zero attached hydrogens (tertiary/aromatic N) is 1. The molecule has 2 aliphatic heterocycles. The molecular weight excluding hydrogens is 895 g/mol. The molecule has 336 valence electrons. The molecule has 0 saturated heterocycles. The Morgan fingerprint density at radius 3 is 1.51 bits per heavy atom. The Bertz CT molecular complexity index is 4170. The number of rotatable bonds is 4. The van der Waals surface area contributed by atoms with Crippen molar-refractivity contribution < 1.29 is 9.15 Å². The van der Waals surface area contributed by atoms with Crippen LogP contribution in [0.2, 0.25) is 0 Å². The average molecular weight is 936 g/mol. The lowest BCUT2D eigenvalue weighted by atomic mass is 9.66. The van der Waals surface area contributed by atoms with Gasteiger partial charge in [0.25, 0.3) is 0 Å². The van der Waals surface area contributed by atoms with Crippen molar-refractivity contribution >= 4 is 50.8 Å². The lowest BCUT2D eigenvalue weighted by Crippen LogP contribution is -2.32. The quantitative estimate of drug-likeness (QED) is 0.176. The molecule has 4 heteroatoms. The first-order valence-corrected chi connectivity index (χ1v) is 25.5. The summed E-state index contributed by atoms with van der Waals surface area (Å²) in [5.74, 6) is 1.78. The Labute approximate surface area is 421 Å². The molecule has 0 N–H and O–H groups in total. The molecule has 3 heterocycles. The summed E-state index contributed by atoms with van der Waals surface area (Å²) in [6, 6.07) is 91.6. The van der Waals surface area contributed by atoms with Crippen LogP contribution in [0.1, 0.15) is 44.5 Å². The molecular formula is C68H41NO2S. The van der Waals surface area contributed by atoms with Crippen LogP contribution in [0.5, 0.6) is 11.5 Å². The Balaban J connectivity index is 0.939. The highest BCUT2D eigenvalue weighted by Crippen LogP contribution is 2.65. The molecule has 1 aromatic heterocycles. The number of furan rings is 1. The van der Waals surface area contributed by atoms with E-state index in [0.29, 0.717) is 0 Å². The molecule has 12 aromatic rings. The summed E-state index contributed by atoms with van der Waals surface area (Å²) in [6.45, 7) is 0. The van der Waals surface area contributed by atoms with Gasteiger partial charge in [-0.15, -0.1) is 0 Å². The second-order valence-corrected chi connectivity index (χ2v) is 20.5. The molecule has 4 aliphatic rings. The maximum absolute atomic E-state index is 6.69. The van der Waals surface area contributed by atoms with Crippen LogP contribution in [0.4, 0.5) is 17.1 Å². The molecule has 0 unspecified atom stereocenters. The molecule has 0 bridgehead atoms. The van der Waals surface area contributed by atoms with Crippen LogP contribution in [0.25, 0.3) is 55.3 Å². The van der Waals surface area contributed by atoms with Crippen molar-refractivity contribution in [1.82, 2.24) is 0 Å². The molecule has 2 aliphatic carbocycles. The highest BCUT2D eigenvalue weighted by Gasteiger charge is 2.52. The molecule has 72 heavy (non-hydrogen) atoms. The van der Waals surface area contributed by atoms with Crippen molar-refractivity contribution in [2.45, 2.75) is 20.6 Å². The first-order chi connectivity index (χ1) is 35.7. The zero-order valence-electron chi connectivity index (χ0n) is 38.8. The monoisotopic (exact) mass is 935 g/mol. The van der Waals surface area contributed by atoms with E-state index < -0.39 is 10.8 Å². The Kier molecular flexibility index (Phi) is 8.24. The summed E-state index contributed by atoms with van der Waals surface area (Å²) in [4.78, 5) is 5.05. The number of hydrogen-bond donors (Lipinski definition) is 0. The van der Waals surface area contributed by atoms with E-state index in [2.05, 4.69) is 248 Å². The molecule has 0 saturated carbocycles. The number of ether oxygens (including phenoxy) is 1.